The van der Waals surface area contributed by atoms with Crippen molar-refractivity contribution in [3.8, 4) is 5.75 Å². The van der Waals surface area contributed by atoms with Gasteiger partial charge in [0.25, 0.3) is 0 Å². The highest BCUT2D eigenvalue weighted by Gasteiger charge is 2.64. The molecule has 0 spiro atoms. The number of rotatable bonds is 6. The Hall–Kier alpha value is -3.65. The van der Waals surface area contributed by atoms with Crippen LogP contribution in [0.25, 0.3) is 0 Å². The van der Waals surface area contributed by atoms with Gasteiger partial charge in [-0.15, -0.1) is 0 Å². The van der Waals surface area contributed by atoms with E-state index in [1.54, 1.807) is 59.0 Å². The van der Waals surface area contributed by atoms with Gasteiger partial charge in [0.05, 0.1) is 25.3 Å². The van der Waals surface area contributed by atoms with E-state index in [-0.39, 0.29) is 30.2 Å². The molecule has 13 nitrogen and oxygen atoms in total. The highest BCUT2D eigenvalue weighted by atomic mass is 35.5. The highest BCUT2D eigenvalue weighted by molar-refractivity contribution is 6.35. The van der Waals surface area contributed by atoms with Gasteiger partial charge in [-0.25, -0.2) is 9.59 Å². The Kier molecular flexibility index (Phi) is 11.7. The number of hydrogen-bond acceptors (Lipinski definition) is 10. The molecule has 270 valence electrons. The predicted octanol–water partition coefficient (Wildman–Crippen LogP) is 3.92. The van der Waals surface area contributed by atoms with Gasteiger partial charge in [-0.1, -0.05) is 49.2 Å². The van der Waals surface area contributed by atoms with Gasteiger partial charge < -0.3 is 38.6 Å². The molecule has 0 aliphatic carbocycles. The molecular weight excluding hydrogens is 658 g/mol. The van der Waals surface area contributed by atoms with Gasteiger partial charge in [0.15, 0.2) is 5.72 Å². The highest BCUT2D eigenvalue weighted by Crippen LogP contribution is 2.49. The van der Waals surface area contributed by atoms with Crippen molar-refractivity contribution in [2.75, 3.05) is 33.2 Å². The number of likely N-dealkylation sites (N-methyl/N-ethyl adjacent to an activating group) is 1. The number of methoxy groups -OCH3 is 2. The van der Waals surface area contributed by atoms with Crippen LogP contribution in [0.2, 0.25) is 5.02 Å². The van der Waals surface area contributed by atoms with E-state index in [2.05, 4.69) is 5.32 Å². The normalized spacial score (nSPS) is 32.8. The number of carbonyl (C=O) groups excluding carboxylic acids is 4. The molecule has 3 aliphatic rings. The van der Waals surface area contributed by atoms with E-state index in [9.17, 15) is 24.3 Å². The van der Waals surface area contributed by atoms with Crippen LogP contribution >= 0.6 is 11.6 Å². The summed E-state index contributed by atoms with van der Waals surface area (Å²) in [6.07, 6.45) is 1.22. The van der Waals surface area contributed by atoms with E-state index in [1.165, 1.54) is 31.1 Å². The summed E-state index contributed by atoms with van der Waals surface area (Å²) in [5.41, 5.74) is -0.870. The monoisotopic (exact) mass is 705 g/mol. The molecule has 3 aliphatic heterocycles. The van der Waals surface area contributed by atoms with E-state index in [0.29, 0.717) is 17.9 Å². The summed E-state index contributed by atoms with van der Waals surface area (Å²) in [4.78, 5) is 55.3. The number of anilines is 1. The molecule has 7 unspecified atom stereocenters. The predicted molar refractivity (Wildman–Crippen MR) is 181 cm³/mol. The number of allylic oxidation sites excluding steroid dienone is 3. The van der Waals surface area contributed by atoms with Crippen molar-refractivity contribution in [1.82, 2.24) is 10.2 Å². The molecule has 1 aromatic rings. The Labute approximate surface area is 292 Å². The number of nitrogens with one attached hydrogen (secondary N) is 1. The lowest BCUT2D eigenvalue weighted by Crippen LogP contribution is -2.63. The average molecular weight is 706 g/mol. The molecule has 3 amide bonds. The van der Waals surface area contributed by atoms with Crippen molar-refractivity contribution in [3.63, 3.8) is 0 Å². The number of ether oxygens (including phenoxy) is 5. The van der Waals surface area contributed by atoms with E-state index in [4.69, 9.17) is 35.3 Å². The molecule has 0 saturated carbocycles. The molecule has 4 rings (SSSR count). The van der Waals surface area contributed by atoms with Crippen LogP contribution in [0.4, 0.5) is 10.5 Å². The number of carbonyl (C=O) groups is 4. The fourth-order valence-electron chi connectivity index (χ4n) is 6.47. The Morgan fingerprint density at radius 2 is 1.96 bits per heavy atom. The number of hydrogen-bond donors (Lipinski definition) is 2. The van der Waals surface area contributed by atoms with Crippen molar-refractivity contribution >= 4 is 41.2 Å². The summed E-state index contributed by atoms with van der Waals surface area (Å²) < 4.78 is 29.0. The van der Waals surface area contributed by atoms with Gasteiger partial charge in [-0.3, -0.25) is 14.9 Å². The molecule has 49 heavy (non-hydrogen) atoms. The lowest BCUT2D eigenvalue weighted by Gasteiger charge is -2.42. The summed E-state index contributed by atoms with van der Waals surface area (Å²) >= 11 is 6.72. The zero-order chi connectivity index (χ0) is 36.4. The quantitative estimate of drug-likeness (QED) is 0.329. The van der Waals surface area contributed by atoms with E-state index >= 15 is 0 Å². The summed E-state index contributed by atoms with van der Waals surface area (Å²) in [6, 6.07) is 2.64. The maximum Gasteiger partial charge on any atom is 0.409 e. The van der Waals surface area contributed by atoms with Crippen LogP contribution in [0.1, 0.15) is 59.4 Å². The Bertz CT molecular complexity index is 1520. The number of alkyl carbamates (subject to hydrolysis) is 1. The number of benzene rings is 1. The second kappa shape index (κ2) is 15.1. The van der Waals surface area contributed by atoms with Crippen LogP contribution in [0.5, 0.6) is 5.75 Å². The topological polar surface area (TPSA) is 156 Å². The maximum atomic E-state index is 14.0. The maximum absolute atomic E-state index is 14.0. The lowest BCUT2D eigenvalue weighted by atomic mass is 9.83. The minimum absolute atomic E-state index is 0.0431. The Balaban J connectivity index is 1.79. The molecule has 0 radical (unpaired) electrons. The zero-order valence-electron chi connectivity index (χ0n) is 29.6. The zero-order valence-corrected chi connectivity index (χ0v) is 30.3. The van der Waals surface area contributed by atoms with Gasteiger partial charge in [0, 0.05) is 40.0 Å². The molecular formula is C35H48ClN3O10. The Morgan fingerprint density at radius 1 is 1.27 bits per heavy atom. The van der Waals surface area contributed by atoms with Gasteiger partial charge >= 0.3 is 12.1 Å². The molecule has 4 bridgehead atoms. The first-order chi connectivity index (χ1) is 23.0. The molecule has 14 heteroatoms. The number of esters is 1. The van der Waals surface area contributed by atoms with Crippen LogP contribution in [0.15, 0.2) is 35.9 Å². The molecule has 3 heterocycles. The van der Waals surface area contributed by atoms with Crippen molar-refractivity contribution in [3.05, 3.63) is 46.5 Å². The SMILES string of the molecule is CCC(=O)N(C)[C@H](C)C(=O)OC1CC(=O)N(C)c2cc(cc(OC)c2Cl)C/C(C)=C/C=C/C(OC)C2(O)CC(OC(=O)N2)C(C)C2OC12C. The molecule has 0 aromatic heterocycles. The van der Waals surface area contributed by atoms with Crippen LogP contribution in [-0.4, -0.2) is 104 Å². The Morgan fingerprint density at radius 3 is 2.59 bits per heavy atom. The molecule has 2 fully saturated rings. The average Bonchev–Trinajstić information content (AvgIpc) is 3.76. The van der Waals surface area contributed by atoms with E-state index in [0.717, 1.165) is 11.1 Å². The fourth-order valence-corrected chi connectivity index (χ4v) is 6.78. The van der Waals surface area contributed by atoms with Crippen molar-refractivity contribution in [2.45, 2.75) is 102 Å². The van der Waals surface area contributed by atoms with Gasteiger partial charge in [-0.05, 0) is 44.9 Å². The molecule has 2 saturated heterocycles. The third kappa shape index (κ3) is 8.06. The van der Waals surface area contributed by atoms with Crippen LogP contribution in [0, 0.1) is 5.92 Å². The molecule has 8 atom stereocenters. The van der Waals surface area contributed by atoms with Crippen LogP contribution in [0.3, 0.4) is 0 Å². The summed E-state index contributed by atoms with van der Waals surface area (Å²) in [5, 5.41) is 14.4. The number of halogens is 1. The van der Waals surface area contributed by atoms with Gasteiger partial charge in [0.2, 0.25) is 11.8 Å². The molecule has 1 aromatic carbocycles. The second-order valence-corrected chi connectivity index (χ2v) is 13.6. The number of nitrogens with zero attached hydrogens (tertiary/aromatic N) is 2. The van der Waals surface area contributed by atoms with Crippen LogP contribution < -0.4 is 15.0 Å². The largest absolute Gasteiger partial charge is 0.495 e. The van der Waals surface area contributed by atoms with E-state index in [1.807, 2.05) is 13.0 Å². The van der Waals surface area contributed by atoms with Crippen molar-refractivity contribution in [1.29, 1.82) is 0 Å². The summed E-state index contributed by atoms with van der Waals surface area (Å²) in [5.74, 6) is -1.53. The van der Waals surface area contributed by atoms with Gasteiger partial charge in [-0.2, -0.15) is 0 Å². The summed E-state index contributed by atoms with van der Waals surface area (Å²) in [6.45, 7) is 8.68. The first-order valence-electron chi connectivity index (χ1n) is 16.3. The number of fused-ring (bicyclic) bond motifs is 5. The van der Waals surface area contributed by atoms with Gasteiger partial charge in [0.1, 0.15) is 40.7 Å². The van der Waals surface area contributed by atoms with Crippen molar-refractivity contribution in [2.24, 2.45) is 5.92 Å². The number of aliphatic hydroxyl groups is 1. The first kappa shape index (κ1) is 38.2. The third-order valence-electron chi connectivity index (χ3n) is 9.83. The minimum Gasteiger partial charge on any atom is -0.495 e. The molecule has 2 N–H and O–H groups in total. The standard InChI is InChI=1S/C35H48ClN3O10/c1-10-28(40)38(6)21(4)32(42)48-27-17-29(41)39(7)23-15-22(16-24(45-8)30(23)36)14-19(2)12-11-13-26(46-9)35(44)18-25(47-33(43)37-35)20(3)31-34(27,5)49-31/h11-13,15-16,20-21,25-27,31,44H,10,14,17-18H2,1-9H3,(H,37,43)/b13-11+,19-12+/t20?,21-,25?,26?,27?,31?,34?,35?/m1/s1. The lowest BCUT2D eigenvalue weighted by molar-refractivity contribution is -0.162. The van der Waals surface area contributed by atoms with Crippen molar-refractivity contribution < 1.29 is 48.0 Å². The number of epoxide rings is 1. The number of amides is 3. The fraction of sp³-hybridized carbons (Fsp3) is 0.600. The first-order valence-corrected chi connectivity index (χ1v) is 16.7. The third-order valence-corrected chi connectivity index (χ3v) is 10.2. The smallest absolute Gasteiger partial charge is 0.409 e. The van der Waals surface area contributed by atoms with E-state index < -0.39 is 65.7 Å². The van der Waals surface area contributed by atoms with Crippen LogP contribution in [-0.2, 0) is 39.8 Å². The minimum atomic E-state index is -1.82. The second-order valence-electron chi connectivity index (χ2n) is 13.3. The summed E-state index contributed by atoms with van der Waals surface area (Å²) in [7, 11) is 6.01.